The van der Waals surface area contributed by atoms with Crippen LogP contribution in [0.1, 0.15) is 45.2 Å². The molecule has 0 spiro atoms. The third-order valence-electron chi connectivity index (χ3n) is 4.84. The van der Waals surface area contributed by atoms with E-state index in [9.17, 15) is 9.59 Å². The number of rotatable bonds is 10. The van der Waals surface area contributed by atoms with Gasteiger partial charge in [-0.3, -0.25) is 9.59 Å². The first-order valence-corrected chi connectivity index (χ1v) is 11.7. The summed E-state index contributed by atoms with van der Waals surface area (Å²) >= 11 is 9.50. The lowest BCUT2D eigenvalue weighted by atomic mass is 10.1. The predicted molar refractivity (Wildman–Crippen MR) is 128 cm³/mol. The molecule has 168 valence electrons. The van der Waals surface area contributed by atoms with Crippen LogP contribution >= 0.6 is 27.5 Å². The van der Waals surface area contributed by atoms with E-state index in [1.807, 2.05) is 51.1 Å². The third kappa shape index (κ3) is 7.54. The van der Waals surface area contributed by atoms with Crippen LogP contribution in [0, 0.1) is 0 Å². The Bertz CT molecular complexity index is 887. The van der Waals surface area contributed by atoms with Gasteiger partial charge in [-0.1, -0.05) is 43.6 Å². The Labute approximate surface area is 198 Å². The van der Waals surface area contributed by atoms with Gasteiger partial charge in [0.25, 0.3) is 5.91 Å². The molecule has 0 bridgehead atoms. The molecule has 0 fully saturated rings. The minimum atomic E-state index is -0.597. The average molecular weight is 510 g/mol. The van der Waals surface area contributed by atoms with E-state index in [0.717, 1.165) is 16.5 Å². The summed E-state index contributed by atoms with van der Waals surface area (Å²) in [6.07, 6.45) is 1.41. The molecule has 0 saturated heterocycles. The van der Waals surface area contributed by atoms with Gasteiger partial charge in [0.1, 0.15) is 11.8 Å². The Morgan fingerprint density at radius 2 is 1.74 bits per heavy atom. The lowest BCUT2D eigenvalue weighted by Crippen LogP contribution is -2.51. The van der Waals surface area contributed by atoms with Crippen LogP contribution in [0.2, 0.25) is 5.02 Å². The van der Waals surface area contributed by atoms with Crippen molar-refractivity contribution in [2.45, 2.75) is 59.2 Å². The van der Waals surface area contributed by atoms with Crippen molar-refractivity contribution in [2.24, 2.45) is 0 Å². The van der Waals surface area contributed by atoms with Crippen molar-refractivity contribution in [3.63, 3.8) is 0 Å². The van der Waals surface area contributed by atoms with Crippen molar-refractivity contribution in [2.75, 3.05) is 6.61 Å². The molecule has 0 aliphatic carbocycles. The number of halogens is 2. The number of hydrogen-bond acceptors (Lipinski definition) is 3. The summed E-state index contributed by atoms with van der Waals surface area (Å²) < 4.78 is 6.60. The minimum absolute atomic E-state index is 0.0154. The molecular formula is C24H30BrClN2O3. The van der Waals surface area contributed by atoms with Gasteiger partial charge >= 0.3 is 0 Å². The van der Waals surface area contributed by atoms with Crippen LogP contribution in [0.25, 0.3) is 0 Å². The fraction of sp³-hybridized carbons (Fsp3) is 0.417. The monoisotopic (exact) mass is 508 g/mol. The Kier molecular flexibility index (Phi) is 9.85. The summed E-state index contributed by atoms with van der Waals surface area (Å²) in [4.78, 5) is 27.6. The Morgan fingerprint density at radius 1 is 1.10 bits per heavy atom. The van der Waals surface area contributed by atoms with Gasteiger partial charge in [0.15, 0.2) is 6.61 Å². The number of ether oxygens (including phenoxy) is 1. The van der Waals surface area contributed by atoms with Gasteiger partial charge < -0.3 is 15.0 Å². The van der Waals surface area contributed by atoms with E-state index in [-0.39, 0.29) is 24.5 Å². The second-order valence-corrected chi connectivity index (χ2v) is 8.93. The van der Waals surface area contributed by atoms with Gasteiger partial charge in [-0.15, -0.1) is 0 Å². The van der Waals surface area contributed by atoms with Gasteiger partial charge in [0.05, 0.1) is 4.47 Å². The van der Waals surface area contributed by atoms with Crippen molar-refractivity contribution >= 4 is 39.3 Å². The lowest BCUT2D eigenvalue weighted by molar-refractivity contribution is -0.143. The molecule has 0 saturated carbocycles. The Hall–Kier alpha value is -2.05. The summed E-state index contributed by atoms with van der Waals surface area (Å²) in [7, 11) is 0. The van der Waals surface area contributed by atoms with E-state index in [1.54, 1.807) is 17.0 Å². The number of amides is 2. The molecule has 0 aliphatic heterocycles. The number of nitrogens with zero attached hydrogens (tertiary/aromatic N) is 1. The van der Waals surface area contributed by atoms with Crippen LogP contribution in [-0.2, 0) is 22.6 Å². The second kappa shape index (κ2) is 12.1. The molecule has 5 nitrogen and oxygen atoms in total. The molecule has 2 amide bonds. The first kappa shape index (κ1) is 25.2. The average Bonchev–Trinajstić information content (AvgIpc) is 2.73. The highest BCUT2D eigenvalue weighted by atomic mass is 79.9. The number of carbonyl (C=O) groups is 2. The number of hydrogen-bond donors (Lipinski definition) is 1. The number of nitrogens with one attached hydrogen (secondary N) is 1. The zero-order valence-electron chi connectivity index (χ0n) is 18.5. The highest BCUT2D eigenvalue weighted by Crippen LogP contribution is 2.26. The normalized spacial score (nSPS) is 11.8. The Morgan fingerprint density at radius 3 is 2.29 bits per heavy atom. The van der Waals surface area contributed by atoms with E-state index in [0.29, 0.717) is 23.7 Å². The van der Waals surface area contributed by atoms with Gasteiger partial charge in [0.2, 0.25) is 5.91 Å². The second-order valence-electron chi connectivity index (χ2n) is 7.64. The lowest BCUT2D eigenvalue weighted by Gasteiger charge is -2.31. The van der Waals surface area contributed by atoms with Crippen LogP contribution in [0.15, 0.2) is 46.9 Å². The van der Waals surface area contributed by atoms with E-state index in [2.05, 4.69) is 28.2 Å². The molecular weight excluding hydrogens is 480 g/mol. The molecule has 31 heavy (non-hydrogen) atoms. The fourth-order valence-electron chi connectivity index (χ4n) is 3.19. The van der Waals surface area contributed by atoms with Crippen LogP contribution in [-0.4, -0.2) is 35.4 Å². The molecule has 2 rings (SSSR count). The first-order valence-electron chi connectivity index (χ1n) is 10.5. The highest BCUT2D eigenvalue weighted by Gasteiger charge is 2.29. The molecule has 0 radical (unpaired) electrons. The maximum Gasteiger partial charge on any atom is 0.261 e. The van der Waals surface area contributed by atoms with E-state index in [4.69, 9.17) is 16.3 Å². The van der Waals surface area contributed by atoms with Crippen LogP contribution in [0.4, 0.5) is 0 Å². The number of benzene rings is 2. The minimum Gasteiger partial charge on any atom is -0.483 e. The van der Waals surface area contributed by atoms with Gasteiger partial charge in [0, 0.05) is 17.6 Å². The number of carbonyl (C=O) groups excluding carboxylic acids is 2. The van der Waals surface area contributed by atoms with E-state index < -0.39 is 6.04 Å². The largest absolute Gasteiger partial charge is 0.483 e. The van der Waals surface area contributed by atoms with Gasteiger partial charge in [-0.2, -0.15) is 0 Å². The standard InChI is InChI=1S/C24H30BrClN2O3/c1-5-17-9-12-22(20(25)13-17)31-15-23(29)28(14-18-7-10-19(26)11-8-18)21(6-2)24(30)27-16(3)4/h7-13,16,21H,5-6,14-15H2,1-4H3,(H,27,30)/t21-/m0/s1. The van der Waals surface area contributed by atoms with Crippen molar-refractivity contribution in [3.05, 3.63) is 63.1 Å². The summed E-state index contributed by atoms with van der Waals surface area (Å²) in [5, 5.41) is 3.54. The van der Waals surface area contributed by atoms with Crippen molar-refractivity contribution < 1.29 is 14.3 Å². The molecule has 7 heteroatoms. The molecule has 2 aromatic rings. The van der Waals surface area contributed by atoms with Crippen LogP contribution < -0.4 is 10.1 Å². The summed E-state index contributed by atoms with van der Waals surface area (Å²) in [6.45, 7) is 7.90. The fourth-order valence-corrected chi connectivity index (χ4v) is 3.86. The highest BCUT2D eigenvalue weighted by molar-refractivity contribution is 9.10. The van der Waals surface area contributed by atoms with Crippen molar-refractivity contribution in [1.82, 2.24) is 10.2 Å². The van der Waals surface area contributed by atoms with Gasteiger partial charge in [-0.25, -0.2) is 0 Å². The molecule has 0 heterocycles. The number of aryl methyl sites for hydroxylation is 1. The summed E-state index contributed by atoms with van der Waals surface area (Å²) in [5.74, 6) is 0.164. The molecule has 1 N–H and O–H groups in total. The zero-order valence-corrected chi connectivity index (χ0v) is 20.8. The quantitative estimate of drug-likeness (QED) is 0.468. The zero-order chi connectivity index (χ0) is 23.0. The van der Waals surface area contributed by atoms with Crippen molar-refractivity contribution in [3.8, 4) is 5.75 Å². The maximum atomic E-state index is 13.2. The molecule has 0 aromatic heterocycles. The smallest absolute Gasteiger partial charge is 0.261 e. The van der Waals surface area contributed by atoms with Gasteiger partial charge in [-0.05, 0) is 78.0 Å². The van der Waals surface area contributed by atoms with Crippen molar-refractivity contribution in [1.29, 1.82) is 0 Å². The summed E-state index contributed by atoms with van der Waals surface area (Å²) in [6, 6.07) is 12.5. The van der Waals surface area contributed by atoms with E-state index >= 15 is 0 Å². The molecule has 2 aromatic carbocycles. The third-order valence-corrected chi connectivity index (χ3v) is 5.71. The SMILES string of the molecule is CCc1ccc(OCC(=O)N(Cc2ccc(Cl)cc2)[C@@H](CC)C(=O)NC(C)C)c(Br)c1. The topological polar surface area (TPSA) is 58.6 Å². The molecule has 0 unspecified atom stereocenters. The van der Waals surface area contributed by atoms with Crippen LogP contribution in [0.3, 0.4) is 0 Å². The predicted octanol–water partition coefficient (Wildman–Crippen LogP) is 5.38. The van der Waals surface area contributed by atoms with E-state index in [1.165, 1.54) is 5.56 Å². The molecule has 1 atom stereocenters. The maximum absolute atomic E-state index is 13.2. The van der Waals surface area contributed by atoms with Crippen LogP contribution in [0.5, 0.6) is 5.75 Å². The molecule has 0 aliphatic rings. The first-order chi connectivity index (χ1) is 14.7. The summed E-state index contributed by atoms with van der Waals surface area (Å²) in [5.41, 5.74) is 2.06. The Balaban J connectivity index is 2.21.